The maximum absolute atomic E-state index is 13.6. The summed E-state index contributed by atoms with van der Waals surface area (Å²) < 4.78 is 51.8. The van der Waals surface area contributed by atoms with E-state index in [0.29, 0.717) is 10.4 Å². The predicted octanol–water partition coefficient (Wildman–Crippen LogP) is 4.61. The normalized spacial score (nSPS) is 13.1. The Bertz CT molecular complexity index is 1080. The zero-order valence-electron chi connectivity index (χ0n) is 14.8. The molecule has 0 amide bonds. The molecule has 1 aromatic carbocycles. The first-order valence-electron chi connectivity index (χ1n) is 8.12. The van der Waals surface area contributed by atoms with Crippen LogP contribution in [0.1, 0.15) is 29.2 Å². The van der Waals surface area contributed by atoms with Crippen LogP contribution in [0.2, 0.25) is 0 Å². The minimum Gasteiger partial charge on any atom is -0.226 e. The van der Waals surface area contributed by atoms with Crippen LogP contribution in [0, 0.1) is 4.58 Å². The molecule has 0 aliphatic rings. The summed E-state index contributed by atoms with van der Waals surface area (Å²) in [4.78, 5) is 0.854. The van der Waals surface area contributed by atoms with Gasteiger partial charge >= 0.3 is 0 Å². The van der Waals surface area contributed by atoms with Gasteiger partial charge in [-0.3, -0.25) is 0 Å². The summed E-state index contributed by atoms with van der Waals surface area (Å²) in [6, 6.07) is 15.4. The number of thiophene rings is 2. The quantitative estimate of drug-likeness (QED) is 0.539. The van der Waals surface area contributed by atoms with Crippen molar-refractivity contribution in [3.05, 3.63) is 85.3 Å². The van der Waals surface area contributed by atoms with Crippen LogP contribution in [-0.4, -0.2) is 16.8 Å². The molecular weight excluding hydrogens is 420 g/mol. The average Bonchev–Trinajstić information content (AvgIpc) is 3.29. The Balaban J connectivity index is 2.14. The van der Waals surface area contributed by atoms with Crippen LogP contribution < -0.4 is 0 Å². The van der Waals surface area contributed by atoms with Gasteiger partial charge in [-0.05, 0) is 42.3 Å². The third-order valence-electron chi connectivity index (χ3n) is 4.30. The maximum atomic E-state index is 13.6. The number of rotatable bonds is 7. The Hall–Kier alpha value is -1.48. The van der Waals surface area contributed by atoms with Crippen LogP contribution in [0.4, 0.5) is 0 Å². The van der Waals surface area contributed by atoms with Gasteiger partial charge in [-0.1, -0.05) is 42.5 Å². The van der Waals surface area contributed by atoms with Gasteiger partial charge in [-0.15, -0.1) is 22.7 Å². The molecule has 8 heteroatoms. The van der Waals surface area contributed by atoms with Gasteiger partial charge in [0.15, 0.2) is 19.7 Å². The molecule has 0 N–H and O–H groups in total. The van der Waals surface area contributed by atoms with Crippen LogP contribution in [0.3, 0.4) is 0 Å². The molecule has 0 spiro atoms. The summed E-state index contributed by atoms with van der Waals surface area (Å²) in [5.41, 5.74) is 0.547. The Morgan fingerprint density at radius 2 is 1.48 bits per heavy atom. The molecule has 2 heterocycles. The zero-order valence-corrected chi connectivity index (χ0v) is 18.1. The molecule has 143 valence electrons. The molecule has 0 fully saturated rings. The third kappa shape index (κ3) is 3.89. The molecule has 1 radical (unpaired) electrons. The number of benzene rings is 1. The van der Waals surface area contributed by atoms with Crippen LogP contribution >= 0.6 is 22.7 Å². The molecule has 3 aromatic rings. The minimum absolute atomic E-state index is 0.246. The second-order valence-corrected chi connectivity index (χ2v) is 13.1. The molecule has 0 saturated carbocycles. The average molecular weight is 440 g/mol. The van der Waals surface area contributed by atoms with Crippen molar-refractivity contribution in [2.75, 3.05) is 0 Å². The summed E-state index contributed by atoms with van der Waals surface area (Å²) in [6.45, 7) is 3.10. The van der Waals surface area contributed by atoms with E-state index >= 15 is 0 Å². The molecule has 27 heavy (non-hydrogen) atoms. The van der Waals surface area contributed by atoms with Crippen LogP contribution in [0.5, 0.6) is 0 Å². The highest BCUT2D eigenvalue weighted by molar-refractivity contribution is 8.13. The largest absolute Gasteiger partial charge is 0.246 e. The van der Waals surface area contributed by atoms with E-state index in [1.165, 1.54) is 11.3 Å². The van der Waals surface area contributed by atoms with Gasteiger partial charge in [-0.2, -0.15) is 0 Å². The summed E-state index contributed by atoms with van der Waals surface area (Å²) >= 11 is 2.41. The lowest BCUT2D eigenvalue weighted by atomic mass is 10.0. The second kappa shape index (κ2) is 7.50. The summed E-state index contributed by atoms with van der Waals surface area (Å²) in [6.07, 6.45) is 0. The van der Waals surface area contributed by atoms with Gasteiger partial charge in [0.05, 0.1) is 10.5 Å². The van der Waals surface area contributed by atoms with Gasteiger partial charge in [0, 0.05) is 9.75 Å². The zero-order chi connectivity index (χ0) is 19.7. The first-order valence-corrected chi connectivity index (χ1v) is 13.0. The van der Waals surface area contributed by atoms with E-state index in [9.17, 15) is 16.8 Å². The van der Waals surface area contributed by atoms with Crippen molar-refractivity contribution in [1.82, 2.24) is 0 Å². The van der Waals surface area contributed by atoms with Gasteiger partial charge < -0.3 is 0 Å². The van der Waals surface area contributed by atoms with E-state index < -0.39 is 29.0 Å². The standard InChI is InChI=1S/C19H19O4S4/c1-19(2,15-8-4-3-5-9-15)27(22,23)18(17-11-7-13-25-17)26(20,21)14-16-10-6-12-24-16/h3-13H,14H2,1-2H3. The predicted molar refractivity (Wildman–Crippen MR) is 112 cm³/mol. The van der Waals surface area contributed by atoms with Crippen molar-refractivity contribution < 1.29 is 16.8 Å². The van der Waals surface area contributed by atoms with Crippen LogP contribution in [0.15, 0.2) is 65.4 Å². The van der Waals surface area contributed by atoms with E-state index in [0.717, 1.165) is 11.3 Å². The molecule has 4 nitrogen and oxygen atoms in total. The first kappa shape index (κ1) is 20.3. The summed E-state index contributed by atoms with van der Waals surface area (Å²) in [7, 11) is -8.26. The molecular formula is C19H19O4S4. The highest BCUT2D eigenvalue weighted by Gasteiger charge is 2.50. The molecule has 0 atom stereocenters. The highest BCUT2D eigenvalue weighted by atomic mass is 32.3. The van der Waals surface area contributed by atoms with Crippen molar-refractivity contribution in [3.63, 3.8) is 0 Å². The minimum atomic E-state index is -4.19. The fraction of sp³-hybridized carbons (Fsp3) is 0.211. The van der Waals surface area contributed by atoms with Crippen molar-refractivity contribution >= 4 is 42.3 Å². The number of hydrogen-bond acceptors (Lipinski definition) is 6. The van der Waals surface area contributed by atoms with Crippen molar-refractivity contribution in [2.45, 2.75) is 24.3 Å². The Labute approximate surface area is 168 Å². The third-order valence-corrected chi connectivity index (χ3v) is 11.7. The fourth-order valence-electron chi connectivity index (χ4n) is 2.72. The lowest BCUT2D eigenvalue weighted by Gasteiger charge is -2.29. The maximum Gasteiger partial charge on any atom is 0.246 e. The van der Waals surface area contributed by atoms with Crippen molar-refractivity contribution in [2.24, 2.45) is 0 Å². The Kier molecular flexibility index (Phi) is 5.63. The Morgan fingerprint density at radius 1 is 0.852 bits per heavy atom. The number of hydrogen-bond donors (Lipinski definition) is 0. The molecule has 0 aliphatic heterocycles. The van der Waals surface area contributed by atoms with E-state index in [1.807, 2.05) is 0 Å². The molecule has 0 unspecified atom stereocenters. The van der Waals surface area contributed by atoms with Gasteiger partial charge in [-0.25, -0.2) is 16.8 Å². The van der Waals surface area contributed by atoms with Crippen molar-refractivity contribution in [3.8, 4) is 0 Å². The highest BCUT2D eigenvalue weighted by Crippen LogP contribution is 2.43. The molecule has 0 saturated heterocycles. The molecule has 2 aromatic heterocycles. The van der Waals surface area contributed by atoms with Gasteiger partial charge in [0.2, 0.25) is 4.58 Å². The second-order valence-electron chi connectivity index (χ2n) is 6.48. The van der Waals surface area contributed by atoms with Gasteiger partial charge in [0.25, 0.3) is 0 Å². The first-order chi connectivity index (χ1) is 12.7. The van der Waals surface area contributed by atoms with Crippen LogP contribution in [-0.2, 0) is 30.2 Å². The lowest BCUT2D eigenvalue weighted by molar-refractivity contribution is 0.557. The lowest BCUT2D eigenvalue weighted by Crippen LogP contribution is -2.37. The fourth-order valence-corrected chi connectivity index (χ4v) is 9.86. The van der Waals surface area contributed by atoms with E-state index in [4.69, 9.17) is 0 Å². The van der Waals surface area contributed by atoms with E-state index in [1.54, 1.807) is 79.2 Å². The summed E-state index contributed by atoms with van der Waals surface area (Å²) in [5.74, 6) is -0.331. The topological polar surface area (TPSA) is 68.3 Å². The van der Waals surface area contributed by atoms with Crippen LogP contribution in [0.25, 0.3) is 0 Å². The van der Waals surface area contributed by atoms with E-state index in [2.05, 4.69) is 0 Å². The smallest absolute Gasteiger partial charge is 0.226 e. The molecule has 0 bridgehead atoms. The monoisotopic (exact) mass is 439 g/mol. The number of sulfone groups is 2. The van der Waals surface area contributed by atoms with Gasteiger partial charge in [0.1, 0.15) is 0 Å². The Morgan fingerprint density at radius 3 is 2.04 bits per heavy atom. The molecule has 3 rings (SSSR count). The van der Waals surface area contributed by atoms with Crippen molar-refractivity contribution in [1.29, 1.82) is 0 Å². The molecule has 0 aliphatic carbocycles. The SMILES string of the molecule is CC(C)(c1ccccc1)S(=O)(=O)[C](c1cccs1)S(=O)(=O)Cc1cccs1. The van der Waals surface area contributed by atoms with E-state index in [-0.39, 0.29) is 10.6 Å². The summed E-state index contributed by atoms with van der Waals surface area (Å²) in [5, 5.41) is 3.46.